The summed E-state index contributed by atoms with van der Waals surface area (Å²) in [4.78, 5) is 13.3. The minimum absolute atomic E-state index is 0.431. The first kappa shape index (κ1) is 22.2. The zero-order valence-corrected chi connectivity index (χ0v) is 19.2. The summed E-state index contributed by atoms with van der Waals surface area (Å²) in [6, 6.07) is 21.2. The van der Waals surface area contributed by atoms with Crippen LogP contribution in [0.1, 0.15) is 15.9 Å². The van der Waals surface area contributed by atoms with Crippen LogP contribution in [-0.2, 0) is 6.54 Å². The number of rotatable bonds is 8. The average Bonchev–Trinajstić information content (AvgIpc) is 3.37. The van der Waals surface area contributed by atoms with Gasteiger partial charge >= 0.3 is 0 Å². The van der Waals surface area contributed by atoms with E-state index in [9.17, 15) is 4.79 Å². The molecule has 6 nitrogen and oxygen atoms in total. The standard InChI is InChI=1S/C26H25N3O3S/c1-31-23-10-7-18(14-24(23)32-2)29-15-16-5-8-20(26(28)30)21(12-16)19-9-6-17(13-22(19)27)25-4-3-11-33-25/h3-14,29H,15,27H2,1-2H3,(H2,28,30). The summed E-state index contributed by atoms with van der Waals surface area (Å²) < 4.78 is 10.7. The summed E-state index contributed by atoms with van der Waals surface area (Å²) >= 11 is 1.65. The molecule has 0 aliphatic carbocycles. The molecule has 33 heavy (non-hydrogen) atoms. The topological polar surface area (TPSA) is 99.6 Å². The van der Waals surface area contributed by atoms with Crippen LogP contribution in [0.5, 0.6) is 11.5 Å². The third-order valence-corrected chi connectivity index (χ3v) is 6.30. The van der Waals surface area contributed by atoms with Crippen molar-refractivity contribution in [3.05, 3.63) is 83.2 Å². The summed E-state index contributed by atoms with van der Waals surface area (Å²) in [6.45, 7) is 0.536. The van der Waals surface area contributed by atoms with Gasteiger partial charge in [-0.1, -0.05) is 24.3 Å². The van der Waals surface area contributed by atoms with Crippen LogP contribution in [0.4, 0.5) is 11.4 Å². The van der Waals surface area contributed by atoms with Gasteiger partial charge in [0.2, 0.25) is 5.91 Å². The lowest BCUT2D eigenvalue weighted by Gasteiger charge is -2.15. The number of hydrogen-bond donors (Lipinski definition) is 3. The highest BCUT2D eigenvalue weighted by Gasteiger charge is 2.15. The maximum absolute atomic E-state index is 12.1. The van der Waals surface area contributed by atoms with Crippen LogP contribution in [0.3, 0.4) is 0 Å². The van der Waals surface area contributed by atoms with Crippen LogP contribution in [0.25, 0.3) is 21.6 Å². The molecule has 0 saturated heterocycles. The molecule has 0 aliphatic heterocycles. The lowest BCUT2D eigenvalue weighted by molar-refractivity contribution is 0.100. The predicted octanol–water partition coefficient (Wildman–Crippen LogP) is 5.39. The van der Waals surface area contributed by atoms with Crippen molar-refractivity contribution < 1.29 is 14.3 Å². The number of amides is 1. The van der Waals surface area contributed by atoms with Crippen molar-refractivity contribution in [3.63, 3.8) is 0 Å². The fourth-order valence-electron chi connectivity index (χ4n) is 3.69. The predicted molar refractivity (Wildman–Crippen MR) is 135 cm³/mol. The molecule has 1 aromatic heterocycles. The number of nitrogens with two attached hydrogens (primary N) is 2. The lowest BCUT2D eigenvalue weighted by atomic mass is 9.94. The minimum Gasteiger partial charge on any atom is -0.493 e. The third kappa shape index (κ3) is 4.78. The molecular weight excluding hydrogens is 434 g/mol. The second-order valence-corrected chi connectivity index (χ2v) is 8.39. The van der Waals surface area contributed by atoms with Gasteiger partial charge in [0.15, 0.2) is 11.5 Å². The summed E-state index contributed by atoms with van der Waals surface area (Å²) in [7, 11) is 3.20. The van der Waals surface area contributed by atoms with E-state index in [0.29, 0.717) is 34.9 Å². The quantitative estimate of drug-likeness (QED) is 0.307. The van der Waals surface area contributed by atoms with Gasteiger partial charge in [0.05, 0.1) is 14.2 Å². The van der Waals surface area contributed by atoms with Crippen molar-refractivity contribution in [2.75, 3.05) is 25.3 Å². The van der Waals surface area contributed by atoms with Gasteiger partial charge in [-0.05, 0) is 58.5 Å². The first-order valence-electron chi connectivity index (χ1n) is 10.3. The van der Waals surface area contributed by atoms with E-state index in [0.717, 1.165) is 27.3 Å². The van der Waals surface area contributed by atoms with Crippen molar-refractivity contribution in [1.82, 2.24) is 0 Å². The average molecular weight is 460 g/mol. The van der Waals surface area contributed by atoms with Gasteiger partial charge in [0.1, 0.15) is 0 Å². The molecule has 4 aromatic rings. The minimum atomic E-state index is -0.494. The Morgan fingerprint density at radius 3 is 2.42 bits per heavy atom. The molecular formula is C26H25N3O3S. The molecule has 0 radical (unpaired) electrons. The monoisotopic (exact) mass is 459 g/mol. The van der Waals surface area contributed by atoms with E-state index in [-0.39, 0.29) is 0 Å². The Balaban J connectivity index is 1.63. The second-order valence-electron chi connectivity index (χ2n) is 7.45. The van der Waals surface area contributed by atoms with Crippen LogP contribution in [0.2, 0.25) is 0 Å². The summed E-state index contributed by atoms with van der Waals surface area (Å²) in [5.74, 6) is 0.814. The Hall–Kier alpha value is -3.97. The molecule has 4 rings (SSSR count). The van der Waals surface area contributed by atoms with Crippen LogP contribution < -0.4 is 26.3 Å². The maximum atomic E-state index is 12.1. The van der Waals surface area contributed by atoms with E-state index < -0.39 is 5.91 Å². The Morgan fingerprint density at radius 1 is 0.939 bits per heavy atom. The molecule has 0 bridgehead atoms. The van der Waals surface area contributed by atoms with E-state index in [1.807, 2.05) is 60.0 Å². The highest BCUT2D eigenvalue weighted by atomic mass is 32.1. The summed E-state index contributed by atoms with van der Waals surface area (Å²) in [6.07, 6.45) is 0. The zero-order chi connectivity index (χ0) is 23.4. The number of nitrogen functional groups attached to an aromatic ring is 1. The van der Waals surface area contributed by atoms with E-state index in [1.165, 1.54) is 0 Å². The SMILES string of the molecule is COc1ccc(NCc2ccc(C(N)=O)c(-c3ccc(-c4cccs4)cc3N)c2)cc1OC. The van der Waals surface area contributed by atoms with E-state index in [1.54, 1.807) is 31.6 Å². The van der Waals surface area contributed by atoms with Gasteiger partial charge in [-0.2, -0.15) is 0 Å². The number of methoxy groups -OCH3 is 2. The van der Waals surface area contributed by atoms with Crippen molar-refractivity contribution in [2.45, 2.75) is 6.54 Å². The molecule has 0 unspecified atom stereocenters. The van der Waals surface area contributed by atoms with Gasteiger partial charge in [-0.3, -0.25) is 4.79 Å². The van der Waals surface area contributed by atoms with Gasteiger partial charge in [0, 0.05) is 40.0 Å². The van der Waals surface area contributed by atoms with Crippen molar-refractivity contribution >= 4 is 28.6 Å². The second kappa shape index (κ2) is 9.67. The summed E-state index contributed by atoms with van der Waals surface area (Å²) in [5.41, 5.74) is 17.5. The molecule has 1 amide bonds. The number of thiophene rings is 1. The molecule has 0 fully saturated rings. The molecule has 7 heteroatoms. The molecule has 1 heterocycles. The Kier molecular flexibility index (Phi) is 6.51. The van der Waals surface area contributed by atoms with Crippen molar-refractivity contribution in [1.29, 1.82) is 0 Å². The maximum Gasteiger partial charge on any atom is 0.249 e. The fraction of sp³-hybridized carbons (Fsp3) is 0.115. The number of carbonyl (C=O) groups is 1. The normalized spacial score (nSPS) is 10.6. The number of carbonyl (C=O) groups excluding carboxylic acids is 1. The Labute approximate surface area is 196 Å². The smallest absolute Gasteiger partial charge is 0.249 e. The molecule has 5 N–H and O–H groups in total. The lowest BCUT2D eigenvalue weighted by Crippen LogP contribution is -2.13. The van der Waals surface area contributed by atoms with Crippen LogP contribution in [0.15, 0.2) is 72.1 Å². The van der Waals surface area contributed by atoms with E-state index in [2.05, 4.69) is 11.4 Å². The molecule has 0 saturated carbocycles. The Morgan fingerprint density at radius 2 is 1.76 bits per heavy atom. The first-order valence-corrected chi connectivity index (χ1v) is 11.2. The van der Waals surface area contributed by atoms with Gasteiger partial charge < -0.3 is 26.3 Å². The number of nitrogens with one attached hydrogen (secondary N) is 1. The van der Waals surface area contributed by atoms with Gasteiger partial charge in [0.25, 0.3) is 0 Å². The molecule has 0 aliphatic rings. The number of hydrogen-bond acceptors (Lipinski definition) is 6. The summed E-state index contributed by atoms with van der Waals surface area (Å²) in [5, 5.41) is 5.40. The zero-order valence-electron chi connectivity index (χ0n) is 18.4. The molecule has 0 atom stereocenters. The highest BCUT2D eigenvalue weighted by Crippen LogP contribution is 2.35. The van der Waals surface area contributed by atoms with Gasteiger partial charge in [-0.15, -0.1) is 11.3 Å². The number of ether oxygens (including phenoxy) is 2. The number of anilines is 2. The molecule has 168 valence electrons. The van der Waals surface area contributed by atoms with E-state index in [4.69, 9.17) is 20.9 Å². The fourth-order valence-corrected chi connectivity index (χ4v) is 4.42. The molecule has 3 aromatic carbocycles. The van der Waals surface area contributed by atoms with Crippen LogP contribution >= 0.6 is 11.3 Å². The Bertz CT molecular complexity index is 1290. The first-order chi connectivity index (χ1) is 16.0. The molecule has 0 spiro atoms. The number of benzene rings is 3. The highest BCUT2D eigenvalue weighted by molar-refractivity contribution is 7.13. The van der Waals surface area contributed by atoms with Crippen LogP contribution in [-0.4, -0.2) is 20.1 Å². The van der Waals surface area contributed by atoms with Crippen molar-refractivity contribution in [2.24, 2.45) is 5.73 Å². The van der Waals surface area contributed by atoms with Crippen LogP contribution in [0, 0.1) is 0 Å². The third-order valence-electron chi connectivity index (χ3n) is 5.38. The van der Waals surface area contributed by atoms with Crippen molar-refractivity contribution in [3.8, 4) is 33.1 Å². The largest absolute Gasteiger partial charge is 0.493 e. The van der Waals surface area contributed by atoms with E-state index >= 15 is 0 Å². The number of primary amides is 1. The van der Waals surface area contributed by atoms with Gasteiger partial charge in [-0.25, -0.2) is 0 Å².